The second-order valence-electron chi connectivity index (χ2n) is 6.70. The fourth-order valence-electron chi connectivity index (χ4n) is 3.27. The molecule has 2 N–H and O–H groups in total. The van der Waals surface area contributed by atoms with E-state index in [1.165, 1.54) is 31.4 Å². The van der Waals surface area contributed by atoms with Crippen LogP contribution in [0, 0.1) is 11.6 Å². The van der Waals surface area contributed by atoms with E-state index in [-0.39, 0.29) is 23.1 Å². The van der Waals surface area contributed by atoms with Gasteiger partial charge in [-0.1, -0.05) is 6.07 Å². The lowest BCUT2D eigenvalue weighted by molar-refractivity contribution is -0.139. The molecule has 0 radical (unpaired) electrons. The predicted molar refractivity (Wildman–Crippen MR) is 94.6 cm³/mol. The van der Waals surface area contributed by atoms with Crippen molar-refractivity contribution in [3.63, 3.8) is 0 Å². The highest BCUT2D eigenvalue weighted by Crippen LogP contribution is 2.35. The Bertz CT molecular complexity index is 894. The van der Waals surface area contributed by atoms with Crippen LogP contribution >= 0.6 is 0 Å². The Morgan fingerprint density at radius 3 is 2.41 bits per heavy atom. The van der Waals surface area contributed by atoms with Crippen molar-refractivity contribution in [2.45, 2.75) is 31.2 Å². The summed E-state index contributed by atoms with van der Waals surface area (Å²) in [5.74, 6) is -2.71. The zero-order valence-corrected chi connectivity index (χ0v) is 14.7. The van der Waals surface area contributed by atoms with Gasteiger partial charge in [-0.05, 0) is 49.1 Å². The molecule has 1 saturated carbocycles. The van der Waals surface area contributed by atoms with Crippen molar-refractivity contribution in [1.29, 1.82) is 0 Å². The van der Waals surface area contributed by atoms with Crippen LogP contribution in [-0.4, -0.2) is 29.6 Å². The maximum Gasteiger partial charge on any atom is 0.305 e. The summed E-state index contributed by atoms with van der Waals surface area (Å²) >= 11 is 0. The topological polar surface area (TPSA) is 75.6 Å². The van der Waals surface area contributed by atoms with Crippen LogP contribution in [0.1, 0.15) is 36.0 Å². The van der Waals surface area contributed by atoms with E-state index in [0.29, 0.717) is 18.6 Å². The zero-order chi connectivity index (χ0) is 19.6. The first-order valence-corrected chi connectivity index (χ1v) is 8.51. The number of halogens is 2. The normalized spacial score (nSPS) is 14.9. The van der Waals surface area contributed by atoms with Gasteiger partial charge in [-0.25, -0.2) is 8.78 Å². The number of rotatable bonds is 6. The fraction of sp³-hybridized carbons (Fsp3) is 0.300. The molecule has 3 rings (SSSR count). The number of carboxylic acids is 1. The summed E-state index contributed by atoms with van der Waals surface area (Å²) < 4.78 is 33.6. The summed E-state index contributed by atoms with van der Waals surface area (Å²) in [6.45, 7) is 0. The van der Waals surface area contributed by atoms with Gasteiger partial charge in [-0.15, -0.1) is 0 Å². The molecule has 2 aromatic carbocycles. The number of hydrogen-bond acceptors (Lipinski definition) is 3. The van der Waals surface area contributed by atoms with Crippen LogP contribution in [0.15, 0.2) is 36.4 Å². The maximum absolute atomic E-state index is 14.5. The van der Waals surface area contributed by atoms with Crippen molar-refractivity contribution in [1.82, 2.24) is 5.32 Å². The van der Waals surface area contributed by atoms with E-state index in [4.69, 9.17) is 9.84 Å². The van der Waals surface area contributed by atoms with Crippen molar-refractivity contribution in [3.05, 3.63) is 53.6 Å². The monoisotopic (exact) mass is 375 g/mol. The van der Waals surface area contributed by atoms with Crippen LogP contribution in [0.25, 0.3) is 11.1 Å². The number of methoxy groups -OCH3 is 1. The van der Waals surface area contributed by atoms with Crippen LogP contribution in [-0.2, 0) is 4.79 Å². The van der Waals surface area contributed by atoms with Gasteiger partial charge in [0.05, 0.1) is 24.6 Å². The first kappa shape index (κ1) is 18.8. The fourth-order valence-corrected chi connectivity index (χ4v) is 3.27. The number of ether oxygens (including phenoxy) is 1. The summed E-state index contributed by atoms with van der Waals surface area (Å²) in [4.78, 5) is 23.4. The van der Waals surface area contributed by atoms with Gasteiger partial charge in [0.2, 0.25) is 0 Å². The molecular weight excluding hydrogens is 356 g/mol. The Morgan fingerprint density at radius 1 is 1.15 bits per heavy atom. The Hall–Kier alpha value is -2.96. The lowest BCUT2D eigenvalue weighted by Crippen LogP contribution is -2.54. The van der Waals surface area contributed by atoms with Gasteiger partial charge in [0.15, 0.2) is 0 Å². The van der Waals surface area contributed by atoms with Gasteiger partial charge in [-0.2, -0.15) is 0 Å². The molecule has 1 amide bonds. The van der Waals surface area contributed by atoms with E-state index >= 15 is 0 Å². The quantitative estimate of drug-likeness (QED) is 0.806. The average molecular weight is 375 g/mol. The van der Waals surface area contributed by atoms with E-state index in [9.17, 15) is 18.4 Å². The molecule has 0 bridgehead atoms. The minimum absolute atomic E-state index is 0.183. The maximum atomic E-state index is 14.5. The minimum atomic E-state index is -1.01. The Labute approximate surface area is 155 Å². The van der Waals surface area contributed by atoms with Crippen molar-refractivity contribution < 1.29 is 28.2 Å². The number of amides is 1. The van der Waals surface area contributed by atoms with Gasteiger partial charge in [0, 0.05) is 11.6 Å². The lowest BCUT2D eigenvalue weighted by atomic mass is 9.74. The summed E-state index contributed by atoms with van der Waals surface area (Å²) in [6, 6.07) is 8.04. The summed E-state index contributed by atoms with van der Waals surface area (Å²) in [6.07, 6.45) is 1.70. The second-order valence-corrected chi connectivity index (χ2v) is 6.70. The number of carbonyl (C=O) groups is 2. The molecule has 0 heterocycles. The molecule has 1 aliphatic rings. The lowest BCUT2D eigenvalue weighted by Gasteiger charge is -2.41. The Morgan fingerprint density at radius 2 is 1.89 bits per heavy atom. The van der Waals surface area contributed by atoms with E-state index in [2.05, 4.69) is 5.32 Å². The summed E-state index contributed by atoms with van der Waals surface area (Å²) in [5.41, 5.74) is -0.559. The third-order valence-corrected chi connectivity index (χ3v) is 4.88. The third kappa shape index (κ3) is 3.92. The smallest absolute Gasteiger partial charge is 0.305 e. The van der Waals surface area contributed by atoms with Crippen LogP contribution in [0.5, 0.6) is 5.75 Å². The molecule has 0 unspecified atom stereocenters. The molecule has 5 nitrogen and oxygen atoms in total. The highest BCUT2D eigenvalue weighted by molar-refractivity contribution is 5.96. The number of benzene rings is 2. The zero-order valence-electron chi connectivity index (χ0n) is 14.7. The van der Waals surface area contributed by atoms with E-state index < -0.39 is 29.0 Å². The highest BCUT2D eigenvalue weighted by Gasteiger charge is 2.40. The van der Waals surface area contributed by atoms with E-state index in [1.54, 1.807) is 6.07 Å². The van der Waals surface area contributed by atoms with Crippen LogP contribution in [0.2, 0.25) is 0 Å². The molecular formula is C20H19F2NO4. The van der Waals surface area contributed by atoms with Crippen molar-refractivity contribution in [3.8, 4) is 16.9 Å². The first-order valence-electron chi connectivity index (χ1n) is 8.51. The average Bonchev–Trinajstić information content (AvgIpc) is 2.59. The summed E-state index contributed by atoms with van der Waals surface area (Å²) in [7, 11) is 1.42. The molecule has 0 atom stereocenters. The number of hydrogen-bond donors (Lipinski definition) is 2. The molecule has 0 aliphatic heterocycles. The molecule has 142 valence electrons. The molecule has 0 aromatic heterocycles. The molecule has 1 aliphatic carbocycles. The number of carbonyl (C=O) groups excluding carboxylic acids is 1. The minimum Gasteiger partial charge on any atom is -0.497 e. The van der Waals surface area contributed by atoms with Crippen molar-refractivity contribution in [2.24, 2.45) is 0 Å². The van der Waals surface area contributed by atoms with Crippen molar-refractivity contribution in [2.75, 3.05) is 7.11 Å². The molecule has 7 heteroatoms. The van der Waals surface area contributed by atoms with Gasteiger partial charge in [0.1, 0.15) is 17.4 Å². The number of nitrogens with one attached hydrogen (secondary N) is 1. The molecule has 0 saturated heterocycles. The Kier molecular flexibility index (Phi) is 5.12. The molecule has 1 fully saturated rings. The molecule has 0 spiro atoms. The SMILES string of the molecule is COc1ccc(-c2ccc(C(=O)NC3(CC(=O)O)CCC3)c(F)c2)c(F)c1. The molecule has 27 heavy (non-hydrogen) atoms. The standard InChI is InChI=1S/C20H19F2NO4/c1-27-13-4-6-14(17(22)10-13)12-3-5-15(16(21)9-12)19(26)23-20(7-2-8-20)11-18(24)25/h3-6,9-10H,2,7-8,11H2,1H3,(H,23,26)(H,24,25). The van der Waals surface area contributed by atoms with E-state index in [1.807, 2.05) is 0 Å². The van der Waals surface area contributed by atoms with Gasteiger partial charge in [-0.3, -0.25) is 9.59 Å². The van der Waals surface area contributed by atoms with Crippen LogP contribution in [0.3, 0.4) is 0 Å². The predicted octanol–water partition coefficient (Wildman–Crippen LogP) is 3.77. The van der Waals surface area contributed by atoms with Gasteiger partial charge >= 0.3 is 5.97 Å². The summed E-state index contributed by atoms with van der Waals surface area (Å²) in [5, 5.41) is 11.7. The van der Waals surface area contributed by atoms with Crippen LogP contribution < -0.4 is 10.1 Å². The van der Waals surface area contributed by atoms with Gasteiger partial charge < -0.3 is 15.2 Å². The first-order chi connectivity index (χ1) is 12.8. The van der Waals surface area contributed by atoms with Crippen molar-refractivity contribution >= 4 is 11.9 Å². The largest absolute Gasteiger partial charge is 0.497 e. The second kappa shape index (κ2) is 7.34. The van der Waals surface area contributed by atoms with Crippen LogP contribution in [0.4, 0.5) is 8.78 Å². The number of carboxylic acid groups (broad SMARTS) is 1. The van der Waals surface area contributed by atoms with E-state index in [0.717, 1.165) is 12.5 Å². The molecule has 2 aromatic rings. The Balaban J connectivity index is 1.82. The highest BCUT2D eigenvalue weighted by atomic mass is 19.1. The third-order valence-electron chi connectivity index (χ3n) is 4.88. The van der Waals surface area contributed by atoms with Gasteiger partial charge in [0.25, 0.3) is 5.91 Å². The number of aliphatic carboxylic acids is 1.